The van der Waals surface area contributed by atoms with E-state index < -0.39 is 0 Å². The standard InChI is InChI=1S/C17H23BrN2O/c1-12-9-13(11-14(18)10-12)17(21)20-8-3-2-6-16(20)15-5-4-7-19-15/h9-11,15-16,19H,2-8H2,1H3. The summed E-state index contributed by atoms with van der Waals surface area (Å²) in [7, 11) is 0. The van der Waals surface area contributed by atoms with Crippen LogP contribution in [0.3, 0.4) is 0 Å². The molecule has 4 heteroatoms. The van der Waals surface area contributed by atoms with Crippen molar-refractivity contribution in [1.29, 1.82) is 0 Å². The molecule has 0 saturated carbocycles. The van der Waals surface area contributed by atoms with E-state index in [0.717, 1.165) is 41.5 Å². The van der Waals surface area contributed by atoms with Crippen molar-refractivity contribution in [3.8, 4) is 0 Å². The number of hydrogen-bond donors (Lipinski definition) is 1. The summed E-state index contributed by atoms with van der Waals surface area (Å²) in [4.78, 5) is 15.1. The number of nitrogens with one attached hydrogen (secondary N) is 1. The van der Waals surface area contributed by atoms with Gasteiger partial charge in [-0.05, 0) is 69.3 Å². The molecule has 114 valence electrons. The number of aryl methyl sites for hydroxylation is 1. The van der Waals surface area contributed by atoms with Gasteiger partial charge in [0.1, 0.15) is 0 Å². The van der Waals surface area contributed by atoms with Gasteiger partial charge in [0.05, 0.1) is 0 Å². The summed E-state index contributed by atoms with van der Waals surface area (Å²) in [6.45, 7) is 4.03. The highest BCUT2D eigenvalue weighted by Crippen LogP contribution is 2.26. The molecule has 3 nitrogen and oxygen atoms in total. The number of halogens is 1. The molecule has 3 rings (SSSR count). The Labute approximate surface area is 135 Å². The van der Waals surface area contributed by atoms with Crippen molar-refractivity contribution in [3.63, 3.8) is 0 Å². The lowest BCUT2D eigenvalue weighted by atomic mass is 9.93. The molecule has 2 aliphatic rings. The van der Waals surface area contributed by atoms with Gasteiger partial charge in [0.15, 0.2) is 0 Å². The predicted octanol–water partition coefficient (Wildman–Crippen LogP) is 3.50. The Morgan fingerprint density at radius 2 is 2.10 bits per heavy atom. The number of carbonyl (C=O) groups excluding carboxylic acids is 1. The highest BCUT2D eigenvalue weighted by atomic mass is 79.9. The van der Waals surface area contributed by atoms with E-state index in [0.29, 0.717) is 12.1 Å². The van der Waals surface area contributed by atoms with Crippen LogP contribution in [0.15, 0.2) is 22.7 Å². The van der Waals surface area contributed by atoms with Crippen molar-refractivity contribution in [2.24, 2.45) is 0 Å². The van der Waals surface area contributed by atoms with Gasteiger partial charge in [-0.15, -0.1) is 0 Å². The first-order valence-corrected chi connectivity index (χ1v) is 8.76. The Kier molecular flexibility index (Phi) is 4.65. The van der Waals surface area contributed by atoms with Crippen molar-refractivity contribution in [1.82, 2.24) is 10.2 Å². The summed E-state index contributed by atoms with van der Waals surface area (Å²) in [5, 5.41) is 3.58. The molecule has 2 aliphatic heterocycles. The third-order valence-electron chi connectivity index (χ3n) is 4.66. The Balaban J connectivity index is 1.83. The van der Waals surface area contributed by atoms with Gasteiger partial charge in [-0.2, -0.15) is 0 Å². The SMILES string of the molecule is Cc1cc(Br)cc(C(=O)N2CCCCC2C2CCCN2)c1. The van der Waals surface area contributed by atoms with Gasteiger partial charge >= 0.3 is 0 Å². The molecular formula is C17H23BrN2O. The molecule has 0 aromatic heterocycles. The molecule has 0 bridgehead atoms. The van der Waals surface area contributed by atoms with E-state index in [1.54, 1.807) is 0 Å². The summed E-state index contributed by atoms with van der Waals surface area (Å²) in [5.74, 6) is 0.192. The molecule has 0 spiro atoms. The minimum Gasteiger partial charge on any atom is -0.334 e. The van der Waals surface area contributed by atoms with Crippen molar-refractivity contribution < 1.29 is 4.79 Å². The minimum atomic E-state index is 0.192. The van der Waals surface area contributed by atoms with Crippen LogP contribution in [0.5, 0.6) is 0 Å². The number of likely N-dealkylation sites (tertiary alicyclic amines) is 1. The zero-order chi connectivity index (χ0) is 14.8. The first kappa shape index (κ1) is 15.0. The zero-order valence-corrected chi connectivity index (χ0v) is 14.2. The summed E-state index contributed by atoms with van der Waals surface area (Å²) >= 11 is 3.50. The highest BCUT2D eigenvalue weighted by molar-refractivity contribution is 9.10. The maximum Gasteiger partial charge on any atom is 0.254 e. The lowest BCUT2D eigenvalue weighted by molar-refractivity contribution is 0.0563. The van der Waals surface area contributed by atoms with Gasteiger partial charge < -0.3 is 10.2 Å². The van der Waals surface area contributed by atoms with Crippen LogP contribution in [0.1, 0.15) is 48.0 Å². The lowest BCUT2D eigenvalue weighted by Crippen LogP contribution is -2.52. The average molecular weight is 351 g/mol. The fourth-order valence-corrected chi connectivity index (χ4v) is 4.30. The molecule has 1 aromatic rings. The van der Waals surface area contributed by atoms with E-state index in [1.165, 1.54) is 19.3 Å². The zero-order valence-electron chi connectivity index (χ0n) is 12.6. The third-order valence-corrected chi connectivity index (χ3v) is 5.12. The van der Waals surface area contributed by atoms with Crippen LogP contribution in [-0.4, -0.2) is 36.0 Å². The summed E-state index contributed by atoms with van der Waals surface area (Å²) in [5.41, 5.74) is 1.94. The third kappa shape index (κ3) is 3.32. The number of nitrogens with zero attached hydrogens (tertiary/aromatic N) is 1. The minimum absolute atomic E-state index is 0.192. The van der Waals surface area contributed by atoms with Crippen molar-refractivity contribution in [3.05, 3.63) is 33.8 Å². The maximum atomic E-state index is 12.9. The van der Waals surface area contributed by atoms with Gasteiger partial charge in [0, 0.05) is 28.7 Å². The predicted molar refractivity (Wildman–Crippen MR) is 88.6 cm³/mol. The number of carbonyl (C=O) groups is 1. The van der Waals surface area contributed by atoms with Crippen LogP contribution in [0, 0.1) is 6.92 Å². The van der Waals surface area contributed by atoms with Crippen molar-refractivity contribution in [2.75, 3.05) is 13.1 Å². The molecule has 1 aromatic carbocycles. The van der Waals surface area contributed by atoms with Gasteiger partial charge in [-0.3, -0.25) is 4.79 Å². The lowest BCUT2D eigenvalue weighted by Gasteiger charge is -2.39. The van der Waals surface area contributed by atoms with Crippen LogP contribution in [0.4, 0.5) is 0 Å². The first-order valence-electron chi connectivity index (χ1n) is 7.97. The smallest absolute Gasteiger partial charge is 0.254 e. The van der Waals surface area contributed by atoms with Crippen molar-refractivity contribution in [2.45, 2.75) is 51.1 Å². The fourth-order valence-electron chi connectivity index (χ4n) is 3.69. The summed E-state index contributed by atoms with van der Waals surface area (Å²) in [6.07, 6.45) is 5.94. The number of hydrogen-bond acceptors (Lipinski definition) is 2. The second kappa shape index (κ2) is 6.49. The molecule has 1 N–H and O–H groups in total. The fraction of sp³-hybridized carbons (Fsp3) is 0.588. The van der Waals surface area contributed by atoms with Crippen LogP contribution >= 0.6 is 15.9 Å². The van der Waals surface area contributed by atoms with Gasteiger partial charge in [0.25, 0.3) is 5.91 Å². The topological polar surface area (TPSA) is 32.3 Å². The van der Waals surface area contributed by atoms with Crippen LogP contribution in [0.2, 0.25) is 0 Å². The summed E-state index contributed by atoms with van der Waals surface area (Å²) in [6, 6.07) is 6.85. The van der Waals surface area contributed by atoms with Gasteiger partial charge in [0.2, 0.25) is 0 Å². The van der Waals surface area contributed by atoms with E-state index in [2.05, 4.69) is 26.1 Å². The van der Waals surface area contributed by atoms with E-state index in [4.69, 9.17) is 0 Å². The molecule has 2 fully saturated rings. The molecule has 0 aliphatic carbocycles. The Hall–Kier alpha value is -0.870. The van der Waals surface area contributed by atoms with Gasteiger partial charge in [-0.1, -0.05) is 15.9 Å². The molecule has 2 saturated heterocycles. The molecule has 1 amide bonds. The van der Waals surface area contributed by atoms with E-state index >= 15 is 0 Å². The average Bonchev–Trinajstić information content (AvgIpc) is 2.99. The molecule has 2 unspecified atom stereocenters. The Morgan fingerprint density at radius 3 is 2.81 bits per heavy atom. The quantitative estimate of drug-likeness (QED) is 0.885. The normalized spacial score (nSPS) is 26.1. The number of piperidine rings is 1. The molecular weight excluding hydrogens is 328 g/mol. The number of rotatable bonds is 2. The second-order valence-electron chi connectivity index (χ2n) is 6.28. The van der Waals surface area contributed by atoms with Crippen LogP contribution in [-0.2, 0) is 0 Å². The maximum absolute atomic E-state index is 12.9. The van der Waals surface area contributed by atoms with Crippen LogP contribution < -0.4 is 5.32 Å². The van der Waals surface area contributed by atoms with Crippen molar-refractivity contribution >= 4 is 21.8 Å². The van der Waals surface area contributed by atoms with E-state index in [9.17, 15) is 4.79 Å². The van der Waals surface area contributed by atoms with Crippen LogP contribution in [0.25, 0.3) is 0 Å². The number of amides is 1. The second-order valence-corrected chi connectivity index (χ2v) is 7.20. The highest BCUT2D eigenvalue weighted by Gasteiger charge is 2.34. The van der Waals surface area contributed by atoms with Gasteiger partial charge in [-0.25, -0.2) is 0 Å². The summed E-state index contributed by atoms with van der Waals surface area (Å²) < 4.78 is 0.985. The first-order chi connectivity index (χ1) is 10.1. The molecule has 2 atom stereocenters. The van der Waals surface area contributed by atoms with E-state index in [-0.39, 0.29) is 5.91 Å². The Morgan fingerprint density at radius 1 is 1.24 bits per heavy atom. The largest absolute Gasteiger partial charge is 0.334 e. The monoisotopic (exact) mass is 350 g/mol. The molecule has 2 heterocycles. The van der Waals surface area contributed by atoms with E-state index in [1.807, 2.05) is 25.1 Å². The number of benzene rings is 1. The molecule has 21 heavy (non-hydrogen) atoms. The molecule has 0 radical (unpaired) electrons. The Bertz CT molecular complexity index is 505.